The van der Waals surface area contributed by atoms with E-state index in [1.807, 2.05) is 6.07 Å². The minimum absolute atomic E-state index is 0.715. The third-order valence-corrected chi connectivity index (χ3v) is 4.69. The lowest BCUT2D eigenvalue weighted by atomic mass is 10.2. The first-order valence-corrected chi connectivity index (χ1v) is 8.10. The first kappa shape index (κ1) is 14.9. The molecule has 0 unspecified atom stereocenters. The van der Waals surface area contributed by atoms with E-state index in [-0.39, 0.29) is 0 Å². The van der Waals surface area contributed by atoms with Crippen LogP contribution in [0.1, 0.15) is 5.56 Å². The largest absolute Gasteiger partial charge is 0.383 e. The molecule has 1 N–H and O–H groups in total. The minimum atomic E-state index is 0.715. The Kier molecular flexibility index (Phi) is 6.25. The van der Waals surface area contributed by atoms with Crippen LogP contribution in [0.2, 0.25) is 0 Å². The van der Waals surface area contributed by atoms with E-state index in [1.54, 1.807) is 25.2 Å². The van der Waals surface area contributed by atoms with Crippen molar-refractivity contribution in [2.24, 2.45) is 0 Å². The van der Waals surface area contributed by atoms with E-state index < -0.39 is 0 Å². The summed E-state index contributed by atoms with van der Waals surface area (Å²) in [7, 11) is 1.71. The molecule has 1 aromatic carbocycles. The summed E-state index contributed by atoms with van der Waals surface area (Å²) >= 11 is 6.57. The monoisotopic (exact) mass is 359 g/mol. The zero-order valence-electron chi connectivity index (χ0n) is 10.4. The van der Waals surface area contributed by atoms with Crippen LogP contribution >= 0.6 is 39.2 Å². The second-order valence-corrected chi connectivity index (χ2v) is 6.72. The summed E-state index contributed by atoms with van der Waals surface area (Å²) in [6.45, 7) is 2.36. The molecular formula is C12H14BrN3OS2. The van der Waals surface area contributed by atoms with Crippen LogP contribution in [0.5, 0.6) is 0 Å². The maximum Gasteiger partial charge on any atom is 0.174 e. The number of ether oxygens (including phenoxy) is 1. The average molecular weight is 360 g/mol. The summed E-state index contributed by atoms with van der Waals surface area (Å²) in [5.74, 6) is 0. The van der Waals surface area contributed by atoms with Gasteiger partial charge in [0, 0.05) is 29.6 Å². The number of hydrogen-bond donors (Lipinski definition) is 1. The molecular weight excluding hydrogens is 346 g/mol. The summed E-state index contributed by atoms with van der Waals surface area (Å²) in [5, 5.41) is 3.36. The van der Waals surface area contributed by atoms with Crippen LogP contribution in [-0.2, 0) is 11.3 Å². The third kappa shape index (κ3) is 4.85. The van der Waals surface area contributed by atoms with Gasteiger partial charge in [-0.2, -0.15) is 4.37 Å². The lowest BCUT2D eigenvalue weighted by Gasteiger charge is -2.09. The van der Waals surface area contributed by atoms with Gasteiger partial charge in [-0.1, -0.05) is 27.7 Å². The van der Waals surface area contributed by atoms with Crippen LogP contribution in [0.15, 0.2) is 38.2 Å². The number of halogens is 1. The van der Waals surface area contributed by atoms with Crippen molar-refractivity contribution in [1.29, 1.82) is 0 Å². The Morgan fingerprint density at radius 1 is 1.47 bits per heavy atom. The van der Waals surface area contributed by atoms with Gasteiger partial charge in [0.25, 0.3) is 0 Å². The van der Waals surface area contributed by atoms with Crippen LogP contribution in [0, 0.1) is 0 Å². The Balaban J connectivity index is 2.04. The molecule has 0 saturated carbocycles. The van der Waals surface area contributed by atoms with E-state index in [0.717, 1.165) is 21.9 Å². The van der Waals surface area contributed by atoms with E-state index >= 15 is 0 Å². The number of benzene rings is 1. The molecule has 1 heterocycles. The zero-order chi connectivity index (χ0) is 13.5. The summed E-state index contributed by atoms with van der Waals surface area (Å²) in [4.78, 5) is 5.40. The van der Waals surface area contributed by atoms with Crippen molar-refractivity contribution in [3.63, 3.8) is 0 Å². The van der Waals surface area contributed by atoms with E-state index in [9.17, 15) is 0 Å². The SMILES string of the molecule is COCCNCc1cc(Br)ccc1Sc1ncns1. The molecule has 7 heteroatoms. The van der Waals surface area contributed by atoms with Gasteiger partial charge in [0.15, 0.2) is 4.34 Å². The highest BCUT2D eigenvalue weighted by Crippen LogP contribution is 2.32. The smallest absolute Gasteiger partial charge is 0.174 e. The van der Waals surface area contributed by atoms with Crippen molar-refractivity contribution in [1.82, 2.24) is 14.7 Å². The number of hydrogen-bond acceptors (Lipinski definition) is 6. The molecule has 102 valence electrons. The van der Waals surface area contributed by atoms with E-state index in [2.05, 4.69) is 42.7 Å². The van der Waals surface area contributed by atoms with Crippen molar-refractivity contribution in [3.05, 3.63) is 34.6 Å². The molecule has 0 atom stereocenters. The Morgan fingerprint density at radius 3 is 3.11 bits per heavy atom. The summed E-state index contributed by atoms with van der Waals surface area (Å²) < 4.78 is 11.1. The number of rotatable bonds is 7. The summed E-state index contributed by atoms with van der Waals surface area (Å²) in [6, 6.07) is 6.27. The standard InChI is InChI=1S/C12H14BrN3OS2/c1-17-5-4-14-7-9-6-10(13)2-3-11(9)18-12-15-8-16-19-12/h2-3,6,8,14H,4-5,7H2,1H3. The maximum absolute atomic E-state index is 5.03. The van der Waals surface area contributed by atoms with Gasteiger partial charge in [-0.05, 0) is 35.3 Å². The normalized spacial score (nSPS) is 10.8. The topological polar surface area (TPSA) is 47.0 Å². The van der Waals surface area contributed by atoms with Gasteiger partial charge < -0.3 is 10.1 Å². The van der Waals surface area contributed by atoms with Crippen LogP contribution in [0.3, 0.4) is 0 Å². The molecule has 2 aromatic rings. The predicted octanol–water partition coefficient (Wildman–Crippen LogP) is 3.19. The first-order valence-electron chi connectivity index (χ1n) is 5.72. The highest BCUT2D eigenvalue weighted by Gasteiger charge is 2.07. The molecule has 19 heavy (non-hydrogen) atoms. The first-order chi connectivity index (χ1) is 9.29. The molecule has 0 aliphatic heterocycles. The van der Waals surface area contributed by atoms with E-state index in [0.29, 0.717) is 6.61 Å². The van der Waals surface area contributed by atoms with E-state index in [4.69, 9.17) is 4.74 Å². The Labute approximate surface area is 129 Å². The van der Waals surface area contributed by atoms with Gasteiger partial charge >= 0.3 is 0 Å². The van der Waals surface area contributed by atoms with Gasteiger partial charge in [0.1, 0.15) is 6.33 Å². The third-order valence-electron chi connectivity index (χ3n) is 2.36. The maximum atomic E-state index is 5.03. The zero-order valence-corrected chi connectivity index (χ0v) is 13.6. The molecule has 4 nitrogen and oxygen atoms in total. The molecule has 2 rings (SSSR count). The van der Waals surface area contributed by atoms with Gasteiger partial charge in [0.05, 0.1) is 6.61 Å². The second-order valence-electron chi connectivity index (χ2n) is 3.73. The van der Waals surface area contributed by atoms with Crippen LogP contribution in [-0.4, -0.2) is 29.6 Å². The van der Waals surface area contributed by atoms with Gasteiger partial charge in [-0.15, -0.1) is 0 Å². The highest BCUT2D eigenvalue weighted by atomic mass is 79.9. The fourth-order valence-corrected chi connectivity index (χ4v) is 3.41. The van der Waals surface area contributed by atoms with Crippen molar-refractivity contribution >= 4 is 39.2 Å². The molecule has 0 spiro atoms. The quantitative estimate of drug-likeness (QED) is 0.769. The summed E-state index contributed by atoms with van der Waals surface area (Å²) in [5.41, 5.74) is 1.24. The molecule has 0 bridgehead atoms. The molecule has 0 amide bonds. The van der Waals surface area contributed by atoms with Gasteiger partial charge in [-0.3, -0.25) is 0 Å². The van der Waals surface area contributed by atoms with Crippen molar-refractivity contribution < 1.29 is 4.74 Å². The van der Waals surface area contributed by atoms with Crippen molar-refractivity contribution in [2.75, 3.05) is 20.3 Å². The molecule has 0 aliphatic rings. The number of methoxy groups -OCH3 is 1. The molecule has 0 radical (unpaired) electrons. The number of aromatic nitrogens is 2. The Hall–Kier alpha value is -0.470. The fourth-order valence-electron chi connectivity index (χ4n) is 1.49. The highest BCUT2D eigenvalue weighted by molar-refractivity contribution is 9.10. The van der Waals surface area contributed by atoms with E-state index in [1.165, 1.54) is 22.0 Å². The van der Waals surface area contributed by atoms with Crippen LogP contribution in [0.25, 0.3) is 0 Å². The average Bonchev–Trinajstić information content (AvgIpc) is 2.90. The second kappa shape index (κ2) is 7.96. The molecule has 0 saturated heterocycles. The lowest BCUT2D eigenvalue weighted by Crippen LogP contribution is -2.18. The minimum Gasteiger partial charge on any atom is -0.383 e. The Bertz CT molecular complexity index is 508. The number of nitrogens with one attached hydrogen (secondary N) is 1. The van der Waals surface area contributed by atoms with Gasteiger partial charge in [0.2, 0.25) is 0 Å². The van der Waals surface area contributed by atoms with Crippen molar-refractivity contribution in [2.45, 2.75) is 15.8 Å². The summed E-state index contributed by atoms with van der Waals surface area (Å²) in [6.07, 6.45) is 1.59. The van der Waals surface area contributed by atoms with Crippen LogP contribution in [0.4, 0.5) is 0 Å². The molecule has 0 fully saturated rings. The molecule has 1 aromatic heterocycles. The molecule has 0 aliphatic carbocycles. The van der Waals surface area contributed by atoms with Crippen molar-refractivity contribution in [3.8, 4) is 0 Å². The Morgan fingerprint density at radius 2 is 2.37 bits per heavy atom. The fraction of sp³-hybridized carbons (Fsp3) is 0.333. The van der Waals surface area contributed by atoms with Gasteiger partial charge in [-0.25, -0.2) is 4.98 Å². The number of nitrogens with zero attached hydrogens (tertiary/aromatic N) is 2. The predicted molar refractivity (Wildman–Crippen MR) is 81.8 cm³/mol. The lowest BCUT2D eigenvalue weighted by molar-refractivity contribution is 0.199. The van der Waals surface area contributed by atoms with Crippen LogP contribution < -0.4 is 5.32 Å².